The number of rotatable bonds is 4. The number of aldehydes is 1. The Labute approximate surface area is 56.1 Å². The number of allylic oxidation sites excluding steroid dienone is 3. The quantitative estimate of drug-likeness (QED) is 0.318. The second-order valence-electron chi connectivity index (χ2n) is 1.80. The summed E-state index contributed by atoms with van der Waals surface area (Å²) in [7, 11) is 0. The molecule has 0 bridgehead atoms. The van der Waals surface area contributed by atoms with Crippen LogP contribution in [0.3, 0.4) is 0 Å². The maximum Gasteiger partial charge on any atom is 0.146 e. The lowest BCUT2D eigenvalue weighted by molar-refractivity contribution is -0.105. The maximum absolute atomic E-state index is 10.2. The fraction of sp³-hybridized carbons (Fsp3) is 0.375. The molecule has 0 fully saturated rings. The molecule has 0 N–H and O–H groups in total. The van der Waals surface area contributed by atoms with Crippen molar-refractivity contribution in [1.82, 2.24) is 0 Å². The van der Waals surface area contributed by atoms with Crippen molar-refractivity contribution in [3.8, 4) is 0 Å². The molecular formula is C8H12O. The van der Waals surface area contributed by atoms with Gasteiger partial charge in [-0.3, -0.25) is 4.79 Å². The summed E-state index contributed by atoms with van der Waals surface area (Å²) in [6.07, 6.45) is 6.13. The minimum Gasteiger partial charge on any atom is -0.298 e. The normalized spacial score (nSPS) is 11.0. The van der Waals surface area contributed by atoms with Crippen molar-refractivity contribution in [1.29, 1.82) is 0 Å². The number of hydrogen-bond acceptors (Lipinski definition) is 1. The zero-order chi connectivity index (χ0) is 7.11. The molecule has 9 heavy (non-hydrogen) atoms. The average Bonchev–Trinajstić information content (AvgIpc) is 1.88. The highest BCUT2D eigenvalue weighted by Gasteiger charge is 1.86. The molecule has 1 heteroatoms. The maximum atomic E-state index is 10.2. The molecule has 0 aliphatic heterocycles. The molecule has 0 heterocycles. The van der Waals surface area contributed by atoms with Crippen molar-refractivity contribution in [2.24, 2.45) is 0 Å². The van der Waals surface area contributed by atoms with Gasteiger partial charge in [0.1, 0.15) is 6.29 Å². The second kappa shape index (κ2) is 5.29. The first-order chi connectivity index (χ1) is 4.35. The largest absolute Gasteiger partial charge is 0.298 e. The Kier molecular flexibility index (Phi) is 4.79. The van der Waals surface area contributed by atoms with Crippen LogP contribution >= 0.6 is 0 Å². The third-order valence-electron chi connectivity index (χ3n) is 0.998. The van der Waals surface area contributed by atoms with Crippen LogP contribution in [0.15, 0.2) is 24.3 Å². The third kappa shape index (κ3) is 3.71. The van der Waals surface area contributed by atoms with Crippen molar-refractivity contribution in [3.63, 3.8) is 0 Å². The van der Waals surface area contributed by atoms with Crippen LogP contribution in [-0.2, 0) is 4.79 Å². The predicted molar refractivity (Wildman–Crippen MR) is 39.3 cm³/mol. The molecule has 0 unspecified atom stereocenters. The van der Waals surface area contributed by atoms with E-state index in [1.807, 2.05) is 13.0 Å². The lowest BCUT2D eigenvalue weighted by Crippen LogP contribution is -1.80. The van der Waals surface area contributed by atoms with Crippen molar-refractivity contribution in [3.05, 3.63) is 24.3 Å². The van der Waals surface area contributed by atoms with Crippen molar-refractivity contribution >= 4 is 6.29 Å². The Bertz CT molecular complexity index is 123. The summed E-state index contributed by atoms with van der Waals surface area (Å²) in [6.45, 7) is 5.54. The molecule has 0 rings (SSSR count). The zero-order valence-electron chi connectivity index (χ0n) is 5.76. The molecule has 0 aromatic rings. The van der Waals surface area contributed by atoms with Crippen molar-refractivity contribution in [2.45, 2.75) is 19.8 Å². The molecule has 0 aliphatic rings. The smallest absolute Gasteiger partial charge is 0.146 e. The van der Waals surface area contributed by atoms with Crippen LogP contribution in [0.4, 0.5) is 0 Å². The van der Waals surface area contributed by atoms with Gasteiger partial charge in [0.25, 0.3) is 0 Å². The van der Waals surface area contributed by atoms with Gasteiger partial charge in [0, 0.05) is 0 Å². The first kappa shape index (κ1) is 8.15. The Morgan fingerprint density at radius 3 is 2.67 bits per heavy atom. The molecule has 0 aliphatic carbocycles. The van der Waals surface area contributed by atoms with Crippen LogP contribution in [0.25, 0.3) is 0 Å². The van der Waals surface area contributed by atoms with Crippen molar-refractivity contribution in [2.75, 3.05) is 0 Å². The third-order valence-corrected chi connectivity index (χ3v) is 0.998. The summed E-state index contributed by atoms with van der Waals surface area (Å²) < 4.78 is 0. The topological polar surface area (TPSA) is 17.1 Å². The number of carbonyl (C=O) groups excluding carboxylic acids is 1. The van der Waals surface area contributed by atoms with Crippen molar-refractivity contribution < 1.29 is 4.79 Å². The van der Waals surface area contributed by atoms with E-state index in [2.05, 4.69) is 6.58 Å². The SMILES string of the molecule is C=CC/C(C=O)=C\CC. The number of hydrogen-bond donors (Lipinski definition) is 0. The molecule has 1 nitrogen and oxygen atoms in total. The average molecular weight is 124 g/mol. The lowest BCUT2D eigenvalue weighted by atomic mass is 10.2. The summed E-state index contributed by atoms with van der Waals surface area (Å²) in [5, 5.41) is 0. The van der Waals surface area contributed by atoms with E-state index in [0.29, 0.717) is 6.42 Å². The molecule has 0 aromatic carbocycles. The predicted octanol–water partition coefficient (Wildman–Crippen LogP) is 2.10. The van der Waals surface area contributed by atoms with Gasteiger partial charge in [0.15, 0.2) is 0 Å². The minimum absolute atomic E-state index is 0.692. The van der Waals surface area contributed by atoms with Crippen LogP contribution < -0.4 is 0 Å². The molecular weight excluding hydrogens is 112 g/mol. The number of carbonyl (C=O) groups is 1. The van der Waals surface area contributed by atoms with E-state index in [1.165, 1.54) is 0 Å². The lowest BCUT2D eigenvalue weighted by Gasteiger charge is -1.89. The van der Waals surface area contributed by atoms with Gasteiger partial charge in [0.2, 0.25) is 0 Å². The van der Waals surface area contributed by atoms with Gasteiger partial charge in [-0.25, -0.2) is 0 Å². The molecule has 0 radical (unpaired) electrons. The van der Waals surface area contributed by atoms with Gasteiger partial charge in [0.05, 0.1) is 0 Å². The fourth-order valence-electron chi connectivity index (χ4n) is 0.608. The highest BCUT2D eigenvalue weighted by molar-refractivity contribution is 5.73. The molecule has 0 aromatic heterocycles. The molecule has 0 saturated heterocycles. The first-order valence-corrected chi connectivity index (χ1v) is 3.10. The van der Waals surface area contributed by atoms with Crippen LogP contribution in [-0.4, -0.2) is 6.29 Å². The van der Waals surface area contributed by atoms with Crippen LogP contribution in [0.2, 0.25) is 0 Å². The van der Waals surface area contributed by atoms with E-state index < -0.39 is 0 Å². The van der Waals surface area contributed by atoms with Gasteiger partial charge in [-0.15, -0.1) is 6.58 Å². The van der Waals surface area contributed by atoms with E-state index in [9.17, 15) is 4.79 Å². The zero-order valence-corrected chi connectivity index (χ0v) is 5.76. The highest BCUT2D eigenvalue weighted by atomic mass is 16.1. The Hall–Kier alpha value is -0.850. The van der Waals surface area contributed by atoms with Gasteiger partial charge >= 0.3 is 0 Å². The monoisotopic (exact) mass is 124 g/mol. The van der Waals surface area contributed by atoms with Gasteiger partial charge in [-0.2, -0.15) is 0 Å². The van der Waals surface area contributed by atoms with E-state index in [4.69, 9.17) is 0 Å². The molecule has 0 saturated carbocycles. The van der Waals surface area contributed by atoms with Gasteiger partial charge < -0.3 is 0 Å². The standard InChI is InChI=1S/C8H12O/c1-3-5-8(7-9)6-4-2/h3,6-7H,1,4-5H2,2H3/b8-6+. The summed E-state index contributed by atoms with van der Waals surface area (Å²) in [5.41, 5.74) is 0.826. The van der Waals surface area contributed by atoms with E-state index in [1.54, 1.807) is 6.08 Å². The van der Waals surface area contributed by atoms with Gasteiger partial charge in [-0.05, 0) is 18.4 Å². The Morgan fingerprint density at radius 2 is 2.33 bits per heavy atom. The van der Waals surface area contributed by atoms with E-state index >= 15 is 0 Å². The van der Waals surface area contributed by atoms with Crippen LogP contribution in [0.5, 0.6) is 0 Å². The van der Waals surface area contributed by atoms with E-state index in [0.717, 1.165) is 18.3 Å². The fourth-order valence-corrected chi connectivity index (χ4v) is 0.608. The van der Waals surface area contributed by atoms with Crippen LogP contribution in [0, 0.1) is 0 Å². The molecule has 0 amide bonds. The summed E-state index contributed by atoms with van der Waals surface area (Å²) in [6, 6.07) is 0. The minimum atomic E-state index is 0.692. The van der Waals surface area contributed by atoms with Gasteiger partial charge in [-0.1, -0.05) is 19.1 Å². The molecule has 0 spiro atoms. The Morgan fingerprint density at radius 1 is 1.67 bits per heavy atom. The second-order valence-corrected chi connectivity index (χ2v) is 1.80. The van der Waals surface area contributed by atoms with Crippen LogP contribution in [0.1, 0.15) is 19.8 Å². The summed E-state index contributed by atoms with van der Waals surface area (Å²) >= 11 is 0. The summed E-state index contributed by atoms with van der Waals surface area (Å²) in [5.74, 6) is 0. The van der Waals surface area contributed by atoms with E-state index in [-0.39, 0.29) is 0 Å². The highest BCUT2D eigenvalue weighted by Crippen LogP contribution is 1.98. The molecule has 0 atom stereocenters. The first-order valence-electron chi connectivity index (χ1n) is 3.10. The molecule has 50 valence electrons. The summed E-state index contributed by atoms with van der Waals surface area (Å²) in [4.78, 5) is 10.2. The Balaban J connectivity index is 3.80.